The van der Waals surface area contributed by atoms with Gasteiger partial charge in [0.05, 0.1) is 17.7 Å². The number of hydrogen-bond acceptors (Lipinski definition) is 5. The van der Waals surface area contributed by atoms with E-state index < -0.39 is 10.0 Å². The number of anilines is 1. The van der Waals surface area contributed by atoms with Crippen LogP contribution >= 0.6 is 0 Å². The fourth-order valence-corrected chi connectivity index (χ4v) is 4.11. The minimum absolute atomic E-state index is 0.0894. The summed E-state index contributed by atoms with van der Waals surface area (Å²) in [5.41, 5.74) is 1.51. The number of carbonyl (C=O) groups excluding carboxylic acids is 1. The summed E-state index contributed by atoms with van der Waals surface area (Å²) in [5, 5.41) is 0. The lowest BCUT2D eigenvalue weighted by Gasteiger charge is -2.36. The Morgan fingerprint density at radius 2 is 1.57 bits per heavy atom. The second kappa shape index (κ2) is 8.20. The van der Waals surface area contributed by atoms with Gasteiger partial charge in [-0.15, -0.1) is 0 Å². The second-order valence-corrected chi connectivity index (χ2v) is 8.91. The summed E-state index contributed by atoms with van der Waals surface area (Å²) in [6.07, 6.45) is 0. The quantitative estimate of drug-likeness (QED) is 0.763. The second-order valence-electron chi connectivity index (χ2n) is 6.76. The predicted octanol–water partition coefficient (Wildman–Crippen LogP) is 1.91. The van der Waals surface area contributed by atoms with Gasteiger partial charge in [-0.25, -0.2) is 12.7 Å². The minimum Gasteiger partial charge on any atom is -0.495 e. The van der Waals surface area contributed by atoms with E-state index in [1.165, 1.54) is 26.2 Å². The van der Waals surface area contributed by atoms with Gasteiger partial charge in [-0.05, 0) is 36.4 Å². The fourth-order valence-electron chi connectivity index (χ4n) is 3.20. The highest BCUT2D eigenvalue weighted by atomic mass is 32.2. The first-order valence-electron chi connectivity index (χ1n) is 9.04. The molecule has 1 aliphatic rings. The van der Waals surface area contributed by atoms with Gasteiger partial charge in [0, 0.05) is 45.8 Å². The zero-order valence-electron chi connectivity index (χ0n) is 16.3. The number of sulfonamides is 1. The first-order valence-corrected chi connectivity index (χ1v) is 10.5. The summed E-state index contributed by atoms with van der Waals surface area (Å²) >= 11 is 0. The van der Waals surface area contributed by atoms with Gasteiger partial charge in [0.2, 0.25) is 10.0 Å². The Bertz CT molecular complexity index is 934. The molecule has 3 rings (SSSR count). The average Bonchev–Trinajstić information content (AvgIpc) is 2.73. The summed E-state index contributed by atoms with van der Waals surface area (Å²) in [7, 11) is 1.12. The molecule has 0 atom stereocenters. The van der Waals surface area contributed by atoms with E-state index in [-0.39, 0.29) is 10.8 Å². The van der Waals surface area contributed by atoms with E-state index in [0.29, 0.717) is 31.7 Å². The lowest BCUT2D eigenvalue weighted by Crippen LogP contribution is -2.48. The zero-order valence-corrected chi connectivity index (χ0v) is 17.1. The topological polar surface area (TPSA) is 70.2 Å². The van der Waals surface area contributed by atoms with Crippen LogP contribution in [-0.2, 0) is 10.0 Å². The van der Waals surface area contributed by atoms with Gasteiger partial charge in [-0.1, -0.05) is 12.1 Å². The molecule has 1 saturated heterocycles. The molecule has 28 heavy (non-hydrogen) atoms. The van der Waals surface area contributed by atoms with Crippen LogP contribution in [0.5, 0.6) is 5.75 Å². The molecule has 1 amide bonds. The van der Waals surface area contributed by atoms with Crippen LogP contribution in [-0.4, -0.2) is 70.9 Å². The van der Waals surface area contributed by atoms with Crippen molar-refractivity contribution in [2.24, 2.45) is 0 Å². The van der Waals surface area contributed by atoms with E-state index >= 15 is 0 Å². The van der Waals surface area contributed by atoms with Crippen molar-refractivity contribution in [1.29, 1.82) is 0 Å². The first kappa shape index (κ1) is 20.2. The van der Waals surface area contributed by atoms with Gasteiger partial charge in [0.15, 0.2) is 0 Å². The van der Waals surface area contributed by atoms with Crippen molar-refractivity contribution in [3.8, 4) is 5.75 Å². The van der Waals surface area contributed by atoms with Crippen LogP contribution in [0.2, 0.25) is 0 Å². The molecule has 0 radical (unpaired) electrons. The van der Waals surface area contributed by atoms with Crippen LogP contribution in [0.1, 0.15) is 10.4 Å². The Morgan fingerprint density at radius 1 is 0.964 bits per heavy atom. The van der Waals surface area contributed by atoms with Gasteiger partial charge in [0.25, 0.3) is 5.91 Å². The Labute approximate surface area is 166 Å². The maximum atomic E-state index is 12.8. The molecule has 0 saturated carbocycles. The third-order valence-corrected chi connectivity index (χ3v) is 6.70. The van der Waals surface area contributed by atoms with Gasteiger partial charge in [-0.2, -0.15) is 0 Å². The number of rotatable bonds is 5. The number of piperazine rings is 1. The number of nitrogens with zero attached hydrogens (tertiary/aromatic N) is 3. The molecule has 1 fully saturated rings. The van der Waals surface area contributed by atoms with E-state index in [2.05, 4.69) is 4.90 Å². The van der Waals surface area contributed by atoms with Crippen LogP contribution < -0.4 is 9.64 Å². The summed E-state index contributed by atoms with van der Waals surface area (Å²) in [6, 6.07) is 14.0. The Morgan fingerprint density at radius 3 is 2.14 bits per heavy atom. The Balaban J connectivity index is 1.67. The number of amides is 1. The van der Waals surface area contributed by atoms with Gasteiger partial charge in [-0.3, -0.25) is 4.79 Å². The van der Waals surface area contributed by atoms with Crippen LogP contribution in [0.4, 0.5) is 5.69 Å². The molecule has 0 bridgehead atoms. The number of carbonyl (C=O) groups is 1. The monoisotopic (exact) mass is 403 g/mol. The van der Waals surface area contributed by atoms with Crippen LogP contribution in [0.25, 0.3) is 0 Å². The molecule has 0 N–H and O–H groups in total. The number of benzene rings is 2. The van der Waals surface area contributed by atoms with Crippen molar-refractivity contribution >= 4 is 21.6 Å². The molecule has 1 heterocycles. The molecular formula is C20H25N3O4S. The highest BCUT2D eigenvalue weighted by Gasteiger charge is 2.24. The summed E-state index contributed by atoms with van der Waals surface area (Å²) < 4.78 is 30.9. The molecule has 0 aromatic heterocycles. The molecule has 1 aliphatic heterocycles. The maximum Gasteiger partial charge on any atom is 0.253 e. The number of ether oxygens (including phenoxy) is 1. The summed E-state index contributed by atoms with van der Waals surface area (Å²) in [6.45, 7) is 2.60. The molecular weight excluding hydrogens is 378 g/mol. The average molecular weight is 404 g/mol. The highest BCUT2D eigenvalue weighted by molar-refractivity contribution is 7.89. The molecule has 7 nitrogen and oxygen atoms in total. The molecule has 0 spiro atoms. The standard InChI is InChI=1S/C20H25N3O4S/c1-21(2)28(25,26)17-10-8-16(9-11-17)20(24)23-14-12-22(13-15-23)18-6-4-5-7-19(18)27-3/h4-11H,12-15H2,1-3H3. The van der Waals surface area contributed by atoms with Crippen molar-refractivity contribution in [2.45, 2.75) is 4.90 Å². The number of hydrogen-bond donors (Lipinski definition) is 0. The molecule has 150 valence electrons. The fraction of sp³-hybridized carbons (Fsp3) is 0.350. The SMILES string of the molecule is COc1ccccc1N1CCN(C(=O)c2ccc(S(=O)(=O)N(C)C)cc2)CC1. The van der Waals surface area contributed by atoms with Crippen LogP contribution in [0.15, 0.2) is 53.4 Å². The van der Waals surface area contributed by atoms with E-state index in [4.69, 9.17) is 4.74 Å². The number of para-hydroxylation sites is 2. The third kappa shape index (κ3) is 3.98. The lowest BCUT2D eigenvalue weighted by atomic mass is 10.1. The van der Waals surface area contributed by atoms with Crippen LogP contribution in [0.3, 0.4) is 0 Å². The summed E-state index contributed by atoms with van der Waals surface area (Å²) in [5.74, 6) is 0.730. The summed E-state index contributed by atoms with van der Waals surface area (Å²) in [4.78, 5) is 17.0. The van der Waals surface area contributed by atoms with Crippen molar-refractivity contribution in [3.63, 3.8) is 0 Å². The van der Waals surface area contributed by atoms with Crippen molar-refractivity contribution in [2.75, 3.05) is 52.3 Å². The van der Waals surface area contributed by atoms with Gasteiger partial charge < -0.3 is 14.5 Å². The predicted molar refractivity (Wildman–Crippen MR) is 108 cm³/mol. The van der Waals surface area contributed by atoms with E-state index in [0.717, 1.165) is 15.7 Å². The lowest BCUT2D eigenvalue weighted by molar-refractivity contribution is 0.0746. The molecule has 2 aromatic carbocycles. The Kier molecular flexibility index (Phi) is 5.90. The largest absolute Gasteiger partial charge is 0.495 e. The molecule has 8 heteroatoms. The van der Waals surface area contributed by atoms with Gasteiger partial charge >= 0.3 is 0 Å². The molecule has 0 unspecified atom stereocenters. The maximum absolute atomic E-state index is 12.8. The van der Waals surface area contributed by atoms with Crippen molar-refractivity contribution < 1.29 is 17.9 Å². The zero-order chi connectivity index (χ0) is 20.3. The third-order valence-electron chi connectivity index (χ3n) is 4.87. The van der Waals surface area contributed by atoms with E-state index in [9.17, 15) is 13.2 Å². The molecule has 2 aromatic rings. The van der Waals surface area contributed by atoms with E-state index in [1.807, 2.05) is 24.3 Å². The smallest absolute Gasteiger partial charge is 0.253 e. The van der Waals surface area contributed by atoms with Crippen molar-refractivity contribution in [3.05, 3.63) is 54.1 Å². The molecule has 0 aliphatic carbocycles. The van der Waals surface area contributed by atoms with Gasteiger partial charge in [0.1, 0.15) is 5.75 Å². The first-order chi connectivity index (χ1) is 13.3. The van der Waals surface area contributed by atoms with Crippen LogP contribution in [0, 0.1) is 0 Å². The highest BCUT2D eigenvalue weighted by Crippen LogP contribution is 2.28. The van der Waals surface area contributed by atoms with E-state index in [1.54, 1.807) is 24.1 Å². The number of methoxy groups -OCH3 is 1. The Hall–Kier alpha value is -2.58. The normalized spacial score (nSPS) is 15.0. The minimum atomic E-state index is -3.50. The van der Waals surface area contributed by atoms with Crippen molar-refractivity contribution in [1.82, 2.24) is 9.21 Å².